The number of aromatic amines is 1. The van der Waals surface area contributed by atoms with Crippen molar-refractivity contribution >= 4 is 44.8 Å². The molecule has 0 spiro atoms. The molecule has 0 aliphatic carbocycles. The summed E-state index contributed by atoms with van der Waals surface area (Å²) >= 11 is 7.22. The van der Waals surface area contributed by atoms with E-state index in [1.54, 1.807) is 4.90 Å². The van der Waals surface area contributed by atoms with E-state index in [1.165, 1.54) is 29.3 Å². The lowest BCUT2D eigenvalue weighted by molar-refractivity contribution is -0.137. The van der Waals surface area contributed by atoms with E-state index in [0.717, 1.165) is 23.5 Å². The fourth-order valence-electron chi connectivity index (χ4n) is 3.36. The minimum Gasteiger partial charge on any atom is -0.335 e. The van der Waals surface area contributed by atoms with Gasteiger partial charge in [-0.3, -0.25) is 14.4 Å². The highest BCUT2D eigenvalue weighted by molar-refractivity contribution is 7.21. The summed E-state index contributed by atoms with van der Waals surface area (Å²) in [5.74, 6) is -0.640. The summed E-state index contributed by atoms with van der Waals surface area (Å²) in [4.78, 5) is 42.3. The zero-order chi connectivity index (χ0) is 22.3. The van der Waals surface area contributed by atoms with E-state index in [4.69, 9.17) is 11.6 Å². The van der Waals surface area contributed by atoms with E-state index in [0.29, 0.717) is 10.9 Å². The zero-order valence-corrected chi connectivity index (χ0v) is 17.4. The standard InChI is InChI=1S/C20H15ClF3N3O3S/c21-16-13-3-2-12(20(22,23)24)9-14(13)31-17(16)19(30)27-7-5-26(6-8-27)18(29)11-1-4-15(28)25-10-11/h1-4,9-10H,5-8H2,(H,25,28). The maximum atomic E-state index is 13.0. The molecule has 1 aromatic carbocycles. The minimum atomic E-state index is -4.48. The second-order valence-electron chi connectivity index (χ2n) is 6.98. The molecule has 0 saturated carbocycles. The summed E-state index contributed by atoms with van der Waals surface area (Å²) in [5.41, 5.74) is -0.770. The van der Waals surface area contributed by atoms with Gasteiger partial charge in [-0.05, 0) is 18.2 Å². The maximum Gasteiger partial charge on any atom is 0.416 e. The van der Waals surface area contributed by atoms with E-state index < -0.39 is 11.7 Å². The Hall–Kier alpha value is -2.85. The van der Waals surface area contributed by atoms with Gasteiger partial charge >= 0.3 is 6.18 Å². The van der Waals surface area contributed by atoms with Crippen molar-refractivity contribution in [1.29, 1.82) is 0 Å². The average Bonchev–Trinajstić information content (AvgIpc) is 3.09. The smallest absolute Gasteiger partial charge is 0.335 e. The molecular weight excluding hydrogens is 455 g/mol. The first-order valence-electron chi connectivity index (χ1n) is 9.21. The fourth-order valence-corrected chi connectivity index (χ4v) is 4.88. The second-order valence-corrected chi connectivity index (χ2v) is 8.41. The summed E-state index contributed by atoms with van der Waals surface area (Å²) in [6.45, 7) is 1.08. The van der Waals surface area contributed by atoms with E-state index in [-0.39, 0.29) is 58.2 Å². The first kappa shape index (κ1) is 21.4. The number of hydrogen-bond acceptors (Lipinski definition) is 4. The quantitative estimate of drug-likeness (QED) is 0.619. The Labute approximate surface area is 182 Å². The lowest BCUT2D eigenvalue weighted by atomic mass is 10.1. The number of thiophene rings is 1. The van der Waals surface area contributed by atoms with Crippen LogP contribution in [0, 0.1) is 0 Å². The second kappa shape index (κ2) is 8.01. The number of alkyl halides is 3. The van der Waals surface area contributed by atoms with Gasteiger partial charge in [-0.15, -0.1) is 11.3 Å². The number of amides is 2. The monoisotopic (exact) mass is 469 g/mol. The molecule has 0 atom stereocenters. The van der Waals surface area contributed by atoms with Crippen molar-refractivity contribution in [3.8, 4) is 0 Å². The van der Waals surface area contributed by atoms with Gasteiger partial charge in [-0.1, -0.05) is 17.7 Å². The third kappa shape index (κ3) is 4.17. The Morgan fingerprint density at radius 3 is 2.23 bits per heavy atom. The van der Waals surface area contributed by atoms with Gasteiger partial charge in [0.2, 0.25) is 5.56 Å². The molecule has 1 fully saturated rings. The number of nitrogens with one attached hydrogen (secondary N) is 1. The van der Waals surface area contributed by atoms with Gasteiger partial charge in [0, 0.05) is 48.5 Å². The Kier molecular flexibility index (Phi) is 5.52. The Morgan fingerprint density at radius 2 is 1.65 bits per heavy atom. The lowest BCUT2D eigenvalue weighted by Gasteiger charge is -2.34. The molecule has 4 rings (SSSR count). The van der Waals surface area contributed by atoms with Gasteiger partial charge < -0.3 is 14.8 Å². The van der Waals surface area contributed by atoms with E-state index in [9.17, 15) is 27.6 Å². The molecule has 2 aromatic heterocycles. The molecule has 0 bridgehead atoms. The van der Waals surface area contributed by atoms with Crippen LogP contribution >= 0.6 is 22.9 Å². The highest BCUT2D eigenvalue weighted by atomic mass is 35.5. The summed E-state index contributed by atoms with van der Waals surface area (Å²) < 4.78 is 39.2. The Balaban J connectivity index is 1.49. The summed E-state index contributed by atoms with van der Waals surface area (Å²) in [6.07, 6.45) is -3.14. The number of pyridine rings is 1. The predicted octanol–water partition coefficient (Wildman–Crippen LogP) is 3.86. The molecule has 11 heteroatoms. The Bertz CT molecular complexity index is 1210. The maximum absolute atomic E-state index is 13.0. The SMILES string of the molecule is O=C(c1ccc(=O)[nH]c1)N1CCN(C(=O)c2sc3cc(C(F)(F)F)ccc3c2Cl)CC1. The zero-order valence-electron chi connectivity index (χ0n) is 15.8. The molecule has 1 saturated heterocycles. The molecule has 1 aliphatic rings. The van der Waals surface area contributed by atoms with Crippen molar-refractivity contribution in [2.24, 2.45) is 0 Å². The van der Waals surface area contributed by atoms with Crippen molar-refractivity contribution in [3.05, 3.63) is 67.9 Å². The van der Waals surface area contributed by atoms with Crippen molar-refractivity contribution in [1.82, 2.24) is 14.8 Å². The van der Waals surface area contributed by atoms with Gasteiger partial charge in [-0.25, -0.2) is 0 Å². The van der Waals surface area contributed by atoms with Crippen LogP contribution in [0.4, 0.5) is 13.2 Å². The minimum absolute atomic E-state index is 0.130. The van der Waals surface area contributed by atoms with Gasteiger partial charge in [0.15, 0.2) is 0 Å². The summed E-state index contributed by atoms with van der Waals surface area (Å²) in [5, 5.41) is 0.528. The number of aromatic nitrogens is 1. The molecular formula is C20H15ClF3N3O3S. The van der Waals surface area contributed by atoms with Crippen LogP contribution in [0.15, 0.2) is 41.3 Å². The number of H-pyrrole nitrogens is 1. The molecule has 162 valence electrons. The number of fused-ring (bicyclic) bond motifs is 1. The van der Waals surface area contributed by atoms with Gasteiger partial charge in [0.1, 0.15) is 4.88 Å². The molecule has 3 heterocycles. The van der Waals surface area contributed by atoms with Gasteiger partial charge in [0.25, 0.3) is 11.8 Å². The molecule has 6 nitrogen and oxygen atoms in total. The Morgan fingerprint density at radius 1 is 1.00 bits per heavy atom. The first-order chi connectivity index (χ1) is 14.6. The number of halogens is 4. The number of hydrogen-bond donors (Lipinski definition) is 1. The summed E-state index contributed by atoms with van der Waals surface area (Å²) in [7, 11) is 0. The number of nitrogens with zero attached hydrogens (tertiary/aromatic N) is 2. The molecule has 0 unspecified atom stereocenters. The van der Waals surface area contributed by atoms with Crippen LogP contribution in [0.5, 0.6) is 0 Å². The van der Waals surface area contributed by atoms with E-state index in [2.05, 4.69) is 4.98 Å². The highest BCUT2D eigenvalue weighted by Crippen LogP contribution is 2.39. The van der Waals surface area contributed by atoms with Crippen molar-refractivity contribution in [2.75, 3.05) is 26.2 Å². The van der Waals surface area contributed by atoms with Crippen LogP contribution in [0.25, 0.3) is 10.1 Å². The largest absolute Gasteiger partial charge is 0.416 e. The van der Waals surface area contributed by atoms with Crippen molar-refractivity contribution < 1.29 is 22.8 Å². The average molecular weight is 470 g/mol. The van der Waals surface area contributed by atoms with E-state index in [1.807, 2.05) is 0 Å². The highest BCUT2D eigenvalue weighted by Gasteiger charge is 2.32. The van der Waals surface area contributed by atoms with Crippen molar-refractivity contribution in [2.45, 2.75) is 6.18 Å². The predicted molar refractivity (Wildman–Crippen MR) is 111 cm³/mol. The molecule has 3 aromatic rings. The number of benzene rings is 1. The number of carbonyl (C=O) groups excluding carboxylic acids is 2. The summed E-state index contributed by atoms with van der Waals surface area (Å²) in [6, 6.07) is 5.90. The molecule has 1 N–H and O–H groups in total. The normalized spacial score (nSPS) is 14.8. The topological polar surface area (TPSA) is 73.5 Å². The van der Waals surface area contributed by atoms with Crippen LogP contribution in [0.3, 0.4) is 0 Å². The van der Waals surface area contributed by atoms with Crippen LogP contribution in [0.1, 0.15) is 25.6 Å². The number of carbonyl (C=O) groups is 2. The third-order valence-electron chi connectivity index (χ3n) is 5.04. The third-order valence-corrected chi connectivity index (χ3v) is 6.68. The van der Waals surface area contributed by atoms with Crippen molar-refractivity contribution in [3.63, 3.8) is 0 Å². The number of piperazine rings is 1. The number of rotatable bonds is 2. The molecule has 2 amide bonds. The van der Waals surface area contributed by atoms with Gasteiger partial charge in [-0.2, -0.15) is 13.2 Å². The van der Waals surface area contributed by atoms with Crippen LogP contribution in [-0.4, -0.2) is 52.8 Å². The van der Waals surface area contributed by atoms with Gasteiger partial charge in [0.05, 0.1) is 16.1 Å². The van der Waals surface area contributed by atoms with Crippen LogP contribution in [0.2, 0.25) is 5.02 Å². The lowest BCUT2D eigenvalue weighted by Crippen LogP contribution is -2.50. The molecule has 1 aliphatic heterocycles. The van der Waals surface area contributed by atoms with E-state index >= 15 is 0 Å². The fraction of sp³-hybridized carbons (Fsp3) is 0.250. The molecule has 0 radical (unpaired) electrons. The van der Waals surface area contributed by atoms with Crippen LogP contribution in [-0.2, 0) is 6.18 Å². The molecule has 31 heavy (non-hydrogen) atoms. The van der Waals surface area contributed by atoms with Crippen LogP contribution < -0.4 is 5.56 Å². The first-order valence-corrected chi connectivity index (χ1v) is 10.4.